The standard InChI is InChI=1S/C16H14ClNO/c17-15-8-4-3-7-14(15)16(19)18-13-9-11-5-1-2-6-12(11)10-13/h1-8,13H,9-10H2,(H,18,19). The monoisotopic (exact) mass is 271 g/mol. The van der Waals surface area contributed by atoms with Crippen molar-refractivity contribution < 1.29 is 4.79 Å². The third kappa shape index (κ3) is 2.49. The first-order valence-electron chi connectivity index (χ1n) is 6.36. The maximum Gasteiger partial charge on any atom is 0.253 e. The van der Waals surface area contributed by atoms with Crippen molar-refractivity contribution in [3.05, 3.63) is 70.2 Å². The number of amides is 1. The van der Waals surface area contributed by atoms with Crippen LogP contribution in [0, 0.1) is 0 Å². The van der Waals surface area contributed by atoms with Crippen LogP contribution in [0.2, 0.25) is 5.02 Å². The highest BCUT2D eigenvalue weighted by Gasteiger charge is 2.23. The SMILES string of the molecule is O=C(NC1Cc2ccccc2C1)c1ccccc1Cl. The highest BCUT2D eigenvalue weighted by molar-refractivity contribution is 6.33. The van der Waals surface area contributed by atoms with Gasteiger partial charge < -0.3 is 5.32 Å². The van der Waals surface area contributed by atoms with Gasteiger partial charge in [0, 0.05) is 6.04 Å². The van der Waals surface area contributed by atoms with E-state index >= 15 is 0 Å². The summed E-state index contributed by atoms with van der Waals surface area (Å²) in [5.41, 5.74) is 3.19. The lowest BCUT2D eigenvalue weighted by Crippen LogP contribution is -2.35. The molecule has 0 radical (unpaired) electrons. The van der Waals surface area contributed by atoms with Crippen LogP contribution in [-0.4, -0.2) is 11.9 Å². The number of halogens is 1. The Bertz CT molecular complexity index is 599. The highest BCUT2D eigenvalue weighted by Crippen LogP contribution is 2.22. The van der Waals surface area contributed by atoms with Crippen LogP contribution in [-0.2, 0) is 12.8 Å². The molecule has 0 bridgehead atoms. The Morgan fingerprint density at radius 2 is 1.58 bits per heavy atom. The molecule has 0 aromatic heterocycles. The maximum atomic E-state index is 12.2. The number of rotatable bonds is 2. The Kier molecular flexibility index (Phi) is 3.26. The number of carbonyl (C=O) groups excluding carboxylic acids is 1. The lowest BCUT2D eigenvalue weighted by atomic mass is 10.1. The molecule has 3 rings (SSSR count). The summed E-state index contributed by atoms with van der Waals surface area (Å²) in [5, 5.41) is 3.56. The number of nitrogens with one attached hydrogen (secondary N) is 1. The van der Waals surface area contributed by atoms with Crippen LogP contribution in [0.15, 0.2) is 48.5 Å². The first-order valence-corrected chi connectivity index (χ1v) is 6.74. The zero-order chi connectivity index (χ0) is 13.2. The number of fused-ring (bicyclic) bond motifs is 1. The van der Waals surface area contributed by atoms with Crippen LogP contribution >= 0.6 is 11.6 Å². The van der Waals surface area contributed by atoms with Crippen LogP contribution < -0.4 is 5.32 Å². The van der Waals surface area contributed by atoms with Gasteiger partial charge in [-0.3, -0.25) is 4.79 Å². The molecule has 0 saturated carbocycles. The van der Waals surface area contributed by atoms with Gasteiger partial charge in [0.2, 0.25) is 0 Å². The smallest absolute Gasteiger partial charge is 0.253 e. The van der Waals surface area contributed by atoms with Crippen LogP contribution in [0.1, 0.15) is 21.5 Å². The molecule has 2 nitrogen and oxygen atoms in total. The minimum absolute atomic E-state index is 0.0941. The van der Waals surface area contributed by atoms with Crippen molar-refractivity contribution >= 4 is 17.5 Å². The zero-order valence-corrected chi connectivity index (χ0v) is 11.2. The molecule has 0 atom stereocenters. The van der Waals surface area contributed by atoms with Gasteiger partial charge in [-0.1, -0.05) is 48.0 Å². The summed E-state index contributed by atoms with van der Waals surface area (Å²) in [7, 11) is 0. The maximum absolute atomic E-state index is 12.2. The number of hydrogen-bond donors (Lipinski definition) is 1. The van der Waals surface area contributed by atoms with Crippen molar-refractivity contribution in [3.63, 3.8) is 0 Å². The van der Waals surface area contributed by atoms with Crippen LogP contribution in [0.25, 0.3) is 0 Å². The molecule has 0 saturated heterocycles. The topological polar surface area (TPSA) is 29.1 Å². The molecule has 1 aliphatic carbocycles. The molecule has 0 heterocycles. The molecule has 0 unspecified atom stereocenters. The first-order chi connectivity index (χ1) is 9.24. The van der Waals surface area contributed by atoms with Gasteiger partial charge in [-0.05, 0) is 36.1 Å². The molecule has 3 heteroatoms. The van der Waals surface area contributed by atoms with Gasteiger partial charge in [0.1, 0.15) is 0 Å². The van der Waals surface area contributed by atoms with Crippen LogP contribution in [0.5, 0.6) is 0 Å². The fourth-order valence-corrected chi connectivity index (χ4v) is 2.79. The molecule has 1 N–H and O–H groups in total. The van der Waals surface area contributed by atoms with Crippen molar-refractivity contribution in [2.24, 2.45) is 0 Å². The first kappa shape index (κ1) is 12.2. The molecular weight excluding hydrogens is 258 g/mol. The van der Waals surface area contributed by atoms with Gasteiger partial charge in [0.15, 0.2) is 0 Å². The van der Waals surface area contributed by atoms with Crippen molar-refractivity contribution in [2.75, 3.05) is 0 Å². The molecule has 2 aromatic rings. The summed E-state index contributed by atoms with van der Waals surface area (Å²) in [6, 6.07) is 15.6. The summed E-state index contributed by atoms with van der Waals surface area (Å²) in [6.07, 6.45) is 1.79. The second-order valence-corrected chi connectivity index (χ2v) is 5.23. The Morgan fingerprint density at radius 1 is 1.00 bits per heavy atom. The molecule has 0 spiro atoms. The molecule has 96 valence electrons. The second kappa shape index (κ2) is 5.06. The predicted octanol–water partition coefficient (Wildman–Crippen LogP) is 3.24. The minimum Gasteiger partial charge on any atom is -0.349 e. The van der Waals surface area contributed by atoms with Crippen molar-refractivity contribution in [2.45, 2.75) is 18.9 Å². The Balaban J connectivity index is 1.71. The van der Waals surface area contributed by atoms with E-state index in [0.717, 1.165) is 12.8 Å². The summed E-state index contributed by atoms with van der Waals surface area (Å²) in [6.45, 7) is 0. The van der Waals surface area contributed by atoms with Crippen molar-refractivity contribution in [1.82, 2.24) is 5.32 Å². The molecule has 0 aliphatic heterocycles. The molecular formula is C16H14ClNO. The highest BCUT2D eigenvalue weighted by atomic mass is 35.5. The lowest BCUT2D eigenvalue weighted by molar-refractivity contribution is 0.0939. The zero-order valence-electron chi connectivity index (χ0n) is 10.4. The van der Waals surface area contributed by atoms with E-state index in [1.165, 1.54) is 11.1 Å². The molecule has 2 aromatic carbocycles. The lowest BCUT2D eigenvalue weighted by Gasteiger charge is -2.12. The molecule has 1 amide bonds. The fourth-order valence-electron chi connectivity index (χ4n) is 2.57. The largest absolute Gasteiger partial charge is 0.349 e. The summed E-state index contributed by atoms with van der Waals surface area (Å²) < 4.78 is 0. The van der Waals surface area contributed by atoms with E-state index in [1.54, 1.807) is 12.1 Å². The van der Waals surface area contributed by atoms with Gasteiger partial charge >= 0.3 is 0 Å². The normalized spacial score (nSPS) is 14.2. The second-order valence-electron chi connectivity index (χ2n) is 4.83. The third-order valence-corrected chi connectivity index (χ3v) is 3.83. The van der Waals surface area contributed by atoms with Gasteiger partial charge in [0.05, 0.1) is 10.6 Å². The molecule has 0 fully saturated rings. The molecule has 1 aliphatic rings. The van der Waals surface area contributed by atoms with Gasteiger partial charge in [-0.15, -0.1) is 0 Å². The van der Waals surface area contributed by atoms with E-state index in [-0.39, 0.29) is 11.9 Å². The van der Waals surface area contributed by atoms with E-state index in [1.807, 2.05) is 24.3 Å². The van der Waals surface area contributed by atoms with Crippen LogP contribution in [0.3, 0.4) is 0 Å². The number of hydrogen-bond acceptors (Lipinski definition) is 1. The van der Waals surface area contributed by atoms with Gasteiger partial charge in [-0.25, -0.2) is 0 Å². The molecule has 19 heavy (non-hydrogen) atoms. The quantitative estimate of drug-likeness (QED) is 0.893. The van der Waals surface area contributed by atoms with Crippen molar-refractivity contribution in [1.29, 1.82) is 0 Å². The van der Waals surface area contributed by atoms with E-state index in [0.29, 0.717) is 10.6 Å². The van der Waals surface area contributed by atoms with Crippen molar-refractivity contribution in [3.8, 4) is 0 Å². The van der Waals surface area contributed by atoms with Gasteiger partial charge in [-0.2, -0.15) is 0 Å². The Hall–Kier alpha value is -1.80. The average Bonchev–Trinajstić information content (AvgIpc) is 2.81. The fraction of sp³-hybridized carbons (Fsp3) is 0.188. The summed E-state index contributed by atoms with van der Waals surface area (Å²) in [5.74, 6) is -0.0941. The van der Waals surface area contributed by atoms with Crippen LogP contribution in [0.4, 0.5) is 0 Å². The Labute approximate surface area is 117 Å². The summed E-state index contributed by atoms with van der Waals surface area (Å²) >= 11 is 6.03. The predicted molar refractivity (Wildman–Crippen MR) is 76.6 cm³/mol. The van der Waals surface area contributed by atoms with Gasteiger partial charge in [0.25, 0.3) is 5.91 Å². The van der Waals surface area contributed by atoms with E-state index in [2.05, 4.69) is 17.4 Å². The van der Waals surface area contributed by atoms with E-state index < -0.39 is 0 Å². The minimum atomic E-state index is -0.0941. The number of carbonyl (C=O) groups is 1. The third-order valence-electron chi connectivity index (χ3n) is 3.50. The number of benzene rings is 2. The average molecular weight is 272 g/mol. The Morgan fingerprint density at radius 3 is 2.21 bits per heavy atom. The van der Waals surface area contributed by atoms with E-state index in [9.17, 15) is 4.79 Å². The van der Waals surface area contributed by atoms with E-state index in [4.69, 9.17) is 11.6 Å². The summed E-state index contributed by atoms with van der Waals surface area (Å²) in [4.78, 5) is 12.2.